The van der Waals surface area contributed by atoms with Gasteiger partial charge >= 0.3 is 12.2 Å². The number of amides is 2. The van der Waals surface area contributed by atoms with Crippen LogP contribution in [0.2, 0.25) is 0 Å². The lowest BCUT2D eigenvalue weighted by molar-refractivity contribution is 0.106. The Hall–Kier alpha value is -5.31. The number of nitrogens with one attached hydrogen (secondary N) is 4. The maximum absolute atomic E-state index is 12.7. The zero-order chi connectivity index (χ0) is 33.8. The molecule has 248 valence electrons. The van der Waals surface area contributed by atoms with E-state index in [1.165, 1.54) is 44.6 Å². The van der Waals surface area contributed by atoms with Crippen LogP contribution in [0.4, 0.5) is 26.7 Å². The van der Waals surface area contributed by atoms with E-state index in [9.17, 15) is 28.2 Å². The van der Waals surface area contributed by atoms with Crippen LogP contribution in [0.25, 0.3) is 0 Å². The van der Waals surface area contributed by atoms with Crippen molar-refractivity contribution in [3.63, 3.8) is 0 Å². The van der Waals surface area contributed by atoms with E-state index >= 15 is 0 Å². The molecular weight excluding hydrogens is 628 g/mol. The quantitative estimate of drug-likeness (QED) is 0.103. The van der Waals surface area contributed by atoms with Gasteiger partial charge in [-0.25, -0.2) is 18.0 Å². The molecule has 6 N–H and O–H groups in total. The molecule has 2 amide bonds. The van der Waals surface area contributed by atoms with Crippen LogP contribution >= 0.6 is 0 Å². The number of rotatable bonds is 14. The highest BCUT2D eigenvalue weighted by molar-refractivity contribution is 7.92. The van der Waals surface area contributed by atoms with Crippen molar-refractivity contribution in [2.45, 2.75) is 16.9 Å². The highest BCUT2D eigenvalue weighted by Gasteiger charge is 2.18. The van der Waals surface area contributed by atoms with E-state index in [1.54, 1.807) is 42.5 Å². The Kier molecular flexibility index (Phi) is 12.0. The second-order valence-corrected chi connectivity index (χ2v) is 11.9. The highest BCUT2D eigenvalue weighted by atomic mass is 32.2. The molecular formula is C33H36N4O9S. The van der Waals surface area contributed by atoms with Crippen LogP contribution in [0.15, 0.2) is 102 Å². The van der Waals surface area contributed by atoms with E-state index < -0.39 is 28.3 Å². The number of aromatic hydroxyl groups is 1. The van der Waals surface area contributed by atoms with Gasteiger partial charge in [0, 0.05) is 36.4 Å². The van der Waals surface area contributed by atoms with Gasteiger partial charge in [0.15, 0.2) is 0 Å². The summed E-state index contributed by atoms with van der Waals surface area (Å²) in [6, 6.07) is 26.3. The molecule has 0 aromatic heterocycles. The molecule has 0 spiro atoms. The van der Waals surface area contributed by atoms with Crippen molar-refractivity contribution in [3.8, 4) is 11.5 Å². The van der Waals surface area contributed by atoms with E-state index in [0.29, 0.717) is 17.9 Å². The third-order valence-electron chi connectivity index (χ3n) is 6.93. The largest absolute Gasteiger partial charge is 0.506 e. The van der Waals surface area contributed by atoms with E-state index in [-0.39, 0.29) is 41.2 Å². The monoisotopic (exact) mass is 664 g/mol. The zero-order valence-corrected chi connectivity index (χ0v) is 26.5. The van der Waals surface area contributed by atoms with E-state index in [1.807, 2.05) is 24.3 Å². The van der Waals surface area contributed by atoms with Crippen molar-refractivity contribution in [2.75, 3.05) is 49.3 Å². The maximum atomic E-state index is 12.7. The fourth-order valence-electron chi connectivity index (χ4n) is 4.50. The van der Waals surface area contributed by atoms with Crippen LogP contribution in [0.3, 0.4) is 0 Å². The molecule has 0 bridgehead atoms. The van der Waals surface area contributed by atoms with Gasteiger partial charge in [0.05, 0.1) is 24.8 Å². The Morgan fingerprint density at radius 3 is 1.85 bits per heavy atom. The summed E-state index contributed by atoms with van der Waals surface area (Å²) in [6.07, 6.45) is -2.11. The van der Waals surface area contributed by atoms with Gasteiger partial charge in [-0.05, 0) is 59.7 Å². The Labute approximate surface area is 272 Å². The van der Waals surface area contributed by atoms with Crippen molar-refractivity contribution in [2.24, 2.45) is 0 Å². The van der Waals surface area contributed by atoms with Crippen molar-refractivity contribution in [3.05, 3.63) is 108 Å². The second-order valence-electron chi connectivity index (χ2n) is 10.3. The molecule has 47 heavy (non-hydrogen) atoms. The maximum Gasteiger partial charge on any atom is 0.411 e. The van der Waals surface area contributed by atoms with Gasteiger partial charge < -0.3 is 29.7 Å². The summed E-state index contributed by atoms with van der Waals surface area (Å²) in [7, 11) is -1.38. The third-order valence-corrected chi connectivity index (χ3v) is 8.31. The number of phenols is 1. The fourth-order valence-corrected chi connectivity index (χ4v) is 5.59. The Morgan fingerprint density at radius 1 is 0.766 bits per heavy atom. The lowest BCUT2D eigenvalue weighted by Gasteiger charge is -2.21. The number of carbonyl (C=O) groups is 2. The number of phenolic OH excluding ortho intramolecular Hbond substituents is 1. The predicted octanol–water partition coefficient (Wildman–Crippen LogP) is 4.71. The average molecular weight is 665 g/mol. The molecule has 0 aliphatic carbocycles. The predicted molar refractivity (Wildman–Crippen MR) is 177 cm³/mol. The number of hydrogen-bond acceptors (Lipinski definition) is 10. The molecule has 0 fully saturated rings. The summed E-state index contributed by atoms with van der Waals surface area (Å²) in [4.78, 5) is 23.2. The highest BCUT2D eigenvalue weighted by Crippen LogP contribution is 2.30. The summed E-state index contributed by atoms with van der Waals surface area (Å²) >= 11 is 0. The van der Waals surface area contributed by atoms with Gasteiger partial charge in [0.2, 0.25) is 0 Å². The number of sulfonamides is 1. The number of methoxy groups -OCH3 is 2. The molecule has 1 atom stereocenters. The molecule has 0 aliphatic rings. The summed E-state index contributed by atoms with van der Waals surface area (Å²) < 4.78 is 42.7. The number of benzene rings is 4. The number of hydrogen-bond donors (Lipinski definition) is 6. The third kappa shape index (κ3) is 10.1. The van der Waals surface area contributed by atoms with E-state index in [2.05, 4.69) is 30.1 Å². The van der Waals surface area contributed by atoms with Crippen molar-refractivity contribution >= 4 is 39.3 Å². The van der Waals surface area contributed by atoms with Crippen molar-refractivity contribution in [1.29, 1.82) is 0 Å². The number of anilines is 3. The van der Waals surface area contributed by atoms with E-state index in [0.717, 1.165) is 11.1 Å². The van der Waals surface area contributed by atoms with Crippen molar-refractivity contribution < 1.29 is 42.4 Å². The van der Waals surface area contributed by atoms with Gasteiger partial charge in [-0.3, -0.25) is 15.4 Å². The van der Waals surface area contributed by atoms with Crippen LogP contribution in [-0.4, -0.2) is 70.8 Å². The van der Waals surface area contributed by atoms with Crippen LogP contribution in [0.1, 0.15) is 17.0 Å². The lowest BCUT2D eigenvalue weighted by atomic mass is 9.91. The fraction of sp³-hybridized carbons (Fsp3) is 0.212. The Bertz CT molecular complexity index is 1680. The smallest absolute Gasteiger partial charge is 0.411 e. The van der Waals surface area contributed by atoms with Gasteiger partial charge in [-0.15, -0.1) is 0 Å². The second kappa shape index (κ2) is 16.3. The van der Waals surface area contributed by atoms with Crippen LogP contribution in [0.5, 0.6) is 11.5 Å². The number of aliphatic hydroxyl groups excluding tert-OH is 1. The molecule has 14 heteroatoms. The summed E-state index contributed by atoms with van der Waals surface area (Å²) in [5.41, 5.74) is 2.89. The molecule has 0 radical (unpaired) electrons. The van der Waals surface area contributed by atoms with Crippen LogP contribution in [-0.2, 0) is 19.5 Å². The minimum Gasteiger partial charge on any atom is -0.506 e. The first-order valence-corrected chi connectivity index (χ1v) is 15.9. The molecule has 0 heterocycles. The Morgan fingerprint density at radius 2 is 1.32 bits per heavy atom. The summed E-state index contributed by atoms with van der Waals surface area (Å²) in [5.74, 6) is -0.222. The minimum atomic E-state index is -3.94. The summed E-state index contributed by atoms with van der Waals surface area (Å²) in [5, 5.41) is 29.4. The number of carbonyl (C=O) groups excluding carboxylic acids is 2. The molecule has 4 aromatic carbocycles. The standard InChI is InChI=1S/C33H36N4O9S/c1-44-32(40)35-24-12-8-22(9-13-24)29(23-10-14-25(15-11-23)36-33(41)45-2)20-34-19-26(38)21-46-27-16-17-31(39)30(18-27)37-47(42,43)28-6-4-3-5-7-28/h3-18,26,29,34,37-39H,19-21H2,1-2H3,(H,35,40)(H,36,41)/t26-/m0/s1. The van der Waals surface area contributed by atoms with Crippen LogP contribution < -0.4 is 25.4 Å². The molecule has 0 aliphatic heterocycles. The minimum absolute atomic E-state index is 0.0353. The lowest BCUT2D eigenvalue weighted by Crippen LogP contribution is -2.34. The number of aliphatic hydroxyl groups is 1. The first-order valence-electron chi connectivity index (χ1n) is 14.4. The molecule has 0 saturated carbocycles. The molecule has 0 unspecified atom stereocenters. The Balaban J connectivity index is 1.38. The first kappa shape index (κ1) is 34.6. The topological polar surface area (TPSA) is 185 Å². The van der Waals surface area contributed by atoms with Gasteiger partial charge in [-0.1, -0.05) is 42.5 Å². The van der Waals surface area contributed by atoms with E-state index in [4.69, 9.17) is 4.74 Å². The van der Waals surface area contributed by atoms with Gasteiger partial charge in [0.1, 0.15) is 24.2 Å². The number of ether oxygens (including phenoxy) is 3. The molecule has 0 saturated heterocycles. The van der Waals surface area contributed by atoms with Crippen molar-refractivity contribution in [1.82, 2.24) is 5.32 Å². The SMILES string of the molecule is COC(=O)Nc1ccc(C(CNC[C@H](O)COc2ccc(O)c(NS(=O)(=O)c3ccccc3)c2)c2ccc(NC(=O)OC)cc2)cc1. The molecule has 13 nitrogen and oxygen atoms in total. The molecule has 4 aromatic rings. The zero-order valence-electron chi connectivity index (χ0n) is 25.7. The van der Waals surface area contributed by atoms with Crippen LogP contribution in [0, 0.1) is 0 Å². The molecule has 4 rings (SSSR count). The van der Waals surface area contributed by atoms with Gasteiger partial charge in [-0.2, -0.15) is 0 Å². The van der Waals surface area contributed by atoms with Gasteiger partial charge in [0.25, 0.3) is 10.0 Å². The normalized spacial score (nSPS) is 11.7. The first-order chi connectivity index (χ1) is 22.6. The summed E-state index contributed by atoms with van der Waals surface area (Å²) in [6.45, 7) is 0.455. The average Bonchev–Trinajstić information content (AvgIpc) is 3.08.